The average molecular weight is 524 g/mol. The summed E-state index contributed by atoms with van der Waals surface area (Å²) in [6.45, 7) is 2.65. The molecule has 1 aliphatic carbocycles. The minimum Gasteiger partial charge on any atom is -0.489 e. The van der Waals surface area contributed by atoms with Crippen molar-refractivity contribution >= 4 is 17.5 Å². The molecule has 200 valence electrons. The van der Waals surface area contributed by atoms with Crippen LogP contribution in [0.15, 0.2) is 101 Å². The van der Waals surface area contributed by atoms with Gasteiger partial charge in [-0.05, 0) is 36.5 Å². The third kappa shape index (κ3) is 5.86. The second-order valence-corrected chi connectivity index (χ2v) is 9.98. The van der Waals surface area contributed by atoms with Crippen LogP contribution in [0.3, 0.4) is 0 Å². The van der Waals surface area contributed by atoms with Crippen LogP contribution in [0.4, 0.5) is 0 Å². The minimum atomic E-state index is -0.737. The summed E-state index contributed by atoms with van der Waals surface area (Å²) in [5.41, 5.74) is 4.92. The zero-order valence-corrected chi connectivity index (χ0v) is 22.3. The number of esters is 1. The van der Waals surface area contributed by atoms with Gasteiger partial charge in [0, 0.05) is 42.0 Å². The number of carbonyl (C=O) groups is 2. The molecule has 6 nitrogen and oxygen atoms in total. The number of rotatable bonds is 9. The number of hydrogen-bond donors (Lipinski definition) is 0. The van der Waals surface area contributed by atoms with E-state index in [2.05, 4.69) is 12.1 Å². The van der Waals surface area contributed by atoms with E-state index in [0.29, 0.717) is 43.1 Å². The van der Waals surface area contributed by atoms with Gasteiger partial charge in [-0.25, -0.2) is 0 Å². The van der Waals surface area contributed by atoms with Crippen molar-refractivity contribution in [3.63, 3.8) is 0 Å². The molecule has 1 aliphatic heterocycles. The molecule has 3 aromatic rings. The van der Waals surface area contributed by atoms with Gasteiger partial charge in [0.25, 0.3) is 0 Å². The molecule has 0 amide bonds. The molecule has 0 N–H and O–H groups in total. The zero-order chi connectivity index (χ0) is 27.2. The molecule has 0 aromatic heterocycles. The lowest BCUT2D eigenvalue weighted by molar-refractivity contribution is -0.147. The predicted octanol–water partition coefficient (Wildman–Crippen LogP) is 6.03. The number of para-hydroxylation sites is 1. The number of allylic oxidation sites excluding steroid dienone is 2. The van der Waals surface area contributed by atoms with Crippen LogP contribution in [0.2, 0.25) is 0 Å². The highest BCUT2D eigenvalue weighted by Gasteiger charge is 2.45. The van der Waals surface area contributed by atoms with Crippen LogP contribution in [0, 0.1) is 5.92 Å². The molecule has 1 unspecified atom stereocenters. The highest BCUT2D eigenvalue weighted by molar-refractivity contribution is 6.09. The molecule has 0 spiro atoms. The summed E-state index contributed by atoms with van der Waals surface area (Å²) in [6.07, 6.45) is 1.00. The van der Waals surface area contributed by atoms with Gasteiger partial charge in [0.05, 0.1) is 6.61 Å². The van der Waals surface area contributed by atoms with Gasteiger partial charge in [0.2, 0.25) is 0 Å². The van der Waals surface area contributed by atoms with Crippen LogP contribution >= 0.6 is 0 Å². The summed E-state index contributed by atoms with van der Waals surface area (Å²) in [6, 6.07) is 27.7. The van der Waals surface area contributed by atoms with Crippen LogP contribution < -0.4 is 4.74 Å². The molecule has 3 aromatic carbocycles. The lowest BCUT2D eigenvalue weighted by Crippen LogP contribution is -2.38. The summed E-state index contributed by atoms with van der Waals surface area (Å²) in [5.74, 6) is -1.01. The third-order valence-corrected chi connectivity index (χ3v) is 7.44. The van der Waals surface area contributed by atoms with Gasteiger partial charge in [0.1, 0.15) is 24.9 Å². The fourth-order valence-electron chi connectivity index (χ4n) is 5.58. The first-order valence-electron chi connectivity index (χ1n) is 13.3. The van der Waals surface area contributed by atoms with Gasteiger partial charge in [-0.15, -0.1) is 0 Å². The minimum absolute atomic E-state index is 0.0129. The number of ether oxygens (including phenoxy) is 3. The SMILES string of the molecule is COCCOC(=O)C1C(C)=NC2=C(C(=O)C[C@H](c3ccccc3)C2)[C@H]1c1ccccc1OCc1ccccc1. The first-order chi connectivity index (χ1) is 19.1. The summed E-state index contributed by atoms with van der Waals surface area (Å²) >= 11 is 0. The smallest absolute Gasteiger partial charge is 0.315 e. The van der Waals surface area contributed by atoms with Crippen molar-refractivity contribution in [3.8, 4) is 5.75 Å². The molecule has 1 heterocycles. The first-order valence-corrected chi connectivity index (χ1v) is 13.3. The Balaban J connectivity index is 1.55. The van der Waals surface area contributed by atoms with Crippen molar-refractivity contribution in [1.29, 1.82) is 0 Å². The lowest BCUT2D eigenvalue weighted by Gasteiger charge is -2.37. The molecule has 2 aliphatic rings. The standard InChI is InChI=1S/C33H33NO5/c1-22-30(33(36)38-18-17-37-2)31(26-15-9-10-16-29(26)39-21-23-11-5-3-6-12-23)32-27(34-22)19-25(20-28(32)35)24-13-7-4-8-14-24/h3-16,25,30-31H,17-21H2,1-2H3/t25-,30?,31+/m1/s1. The maximum Gasteiger partial charge on any atom is 0.315 e. The Bertz CT molecular complexity index is 1380. The van der Waals surface area contributed by atoms with Crippen LogP contribution in [-0.4, -0.2) is 37.8 Å². The number of nitrogens with zero attached hydrogens (tertiary/aromatic N) is 1. The Morgan fingerprint density at radius 2 is 1.59 bits per heavy atom. The zero-order valence-electron chi connectivity index (χ0n) is 22.3. The summed E-state index contributed by atoms with van der Waals surface area (Å²) in [4.78, 5) is 32.2. The predicted molar refractivity (Wildman–Crippen MR) is 150 cm³/mol. The van der Waals surface area contributed by atoms with Crippen LogP contribution in [-0.2, 0) is 25.7 Å². The van der Waals surface area contributed by atoms with E-state index in [1.165, 1.54) is 0 Å². The van der Waals surface area contributed by atoms with E-state index < -0.39 is 17.8 Å². The van der Waals surface area contributed by atoms with E-state index >= 15 is 0 Å². The van der Waals surface area contributed by atoms with Crippen molar-refractivity contribution < 1.29 is 23.8 Å². The number of hydrogen-bond acceptors (Lipinski definition) is 6. The van der Waals surface area contributed by atoms with Crippen molar-refractivity contribution in [2.75, 3.05) is 20.3 Å². The van der Waals surface area contributed by atoms with E-state index in [1.54, 1.807) is 7.11 Å². The summed E-state index contributed by atoms with van der Waals surface area (Å²) in [5, 5.41) is 0. The van der Waals surface area contributed by atoms with E-state index in [-0.39, 0.29) is 18.3 Å². The Morgan fingerprint density at radius 1 is 0.897 bits per heavy atom. The van der Waals surface area contributed by atoms with Gasteiger partial charge in [-0.1, -0.05) is 78.9 Å². The Labute approximate surface area is 229 Å². The second-order valence-electron chi connectivity index (χ2n) is 9.98. The van der Waals surface area contributed by atoms with Crippen molar-refractivity contribution in [2.45, 2.75) is 38.2 Å². The van der Waals surface area contributed by atoms with Crippen LogP contribution in [0.25, 0.3) is 0 Å². The normalized spacial score (nSPS) is 20.7. The largest absolute Gasteiger partial charge is 0.489 e. The van der Waals surface area contributed by atoms with Crippen molar-refractivity contribution in [2.24, 2.45) is 10.9 Å². The number of aliphatic imine (C=N–C) groups is 1. The van der Waals surface area contributed by atoms with Gasteiger partial charge >= 0.3 is 5.97 Å². The first kappa shape index (κ1) is 26.6. The van der Waals surface area contributed by atoms with Gasteiger partial charge in [-0.2, -0.15) is 0 Å². The monoisotopic (exact) mass is 523 g/mol. The number of ketones is 1. The van der Waals surface area contributed by atoms with E-state index in [4.69, 9.17) is 19.2 Å². The molecule has 0 saturated heterocycles. The van der Waals surface area contributed by atoms with Gasteiger partial charge in [-0.3, -0.25) is 14.6 Å². The molecule has 0 fully saturated rings. The van der Waals surface area contributed by atoms with E-state index in [9.17, 15) is 9.59 Å². The summed E-state index contributed by atoms with van der Waals surface area (Å²) < 4.78 is 17.0. The Hall–Kier alpha value is -4.03. The van der Waals surface area contributed by atoms with Crippen molar-refractivity contribution in [3.05, 3.63) is 113 Å². The van der Waals surface area contributed by atoms with Crippen LogP contribution in [0.5, 0.6) is 5.75 Å². The second kappa shape index (κ2) is 12.2. The number of Topliss-reactive ketones (excluding diaryl/α,β-unsaturated/α-hetero) is 1. The summed E-state index contributed by atoms with van der Waals surface area (Å²) in [7, 11) is 1.56. The molecular formula is C33H33NO5. The molecule has 6 heteroatoms. The quantitative estimate of drug-likeness (QED) is 0.253. The molecule has 0 bridgehead atoms. The van der Waals surface area contributed by atoms with Gasteiger partial charge < -0.3 is 14.2 Å². The number of carbonyl (C=O) groups excluding carboxylic acids is 2. The number of methoxy groups -OCH3 is 1. The molecule has 3 atom stereocenters. The molecule has 0 radical (unpaired) electrons. The van der Waals surface area contributed by atoms with Crippen molar-refractivity contribution in [1.82, 2.24) is 0 Å². The average Bonchev–Trinajstić information content (AvgIpc) is 2.96. The Kier molecular flexibility index (Phi) is 8.33. The molecule has 5 rings (SSSR count). The lowest BCUT2D eigenvalue weighted by atomic mass is 9.69. The maximum absolute atomic E-state index is 13.9. The molecule has 0 saturated carbocycles. The fraction of sp³-hybridized carbons (Fsp3) is 0.303. The Morgan fingerprint density at radius 3 is 2.33 bits per heavy atom. The fourth-order valence-corrected chi connectivity index (χ4v) is 5.58. The topological polar surface area (TPSA) is 74.2 Å². The highest BCUT2D eigenvalue weighted by atomic mass is 16.6. The molecular weight excluding hydrogens is 490 g/mol. The third-order valence-electron chi connectivity index (χ3n) is 7.44. The maximum atomic E-state index is 13.9. The number of benzene rings is 3. The van der Waals surface area contributed by atoms with Crippen LogP contribution in [0.1, 0.15) is 48.3 Å². The highest BCUT2D eigenvalue weighted by Crippen LogP contribution is 2.48. The van der Waals surface area contributed by atoms with Gasteiger partial charge in [0.15, 0.2) is 5.78 Å². The van der Waals surface area contributed by atoms with E-state index in [0.717, 1.165) is 22.4 Å². The van der Waals surface area contributed by atoms with E-state index in [1.807, 2.05) is 79.7 Å². The molecule has 39 heavy (non-hydrogen) atoms.